The largest absolute Gasteiger partial charge is 0.481 e. The molecule has 1 unspecified atom stereocenters. The van der Waals surface area contributed by atoms with Crippen LogP contribution in [-0.4, -0.2) is 41.6 Å². The van der Waals surface area contributed by atoms with Gasteiger partial charge in [-0.2, -0.15) is 0 Å². The number of aliphatic carboxylic acids is 1. The van der Waals surface area contributed by atoms with Gasteiger partial charge in [-0.15, -0.1) is 0 Å². The van der Waals surface area contributed by atoms with Crippen LogP contribution < -0.4 is 5.32 Å². The highest BCUT2D eigenvalue weighted by Gasteiger charge is 2.18. The molecule has 5 nitrogen and oxygen atoms in total. The van der Waals surface area contributed by atoms with Crippen LogP contribution in [0.5, 0.6) is 0 Å². The Hall–Kier alpha value is -2.04. The number of carboxylic acids is 1. The van der Waals surface area contributed by atoms with Crippen LogP contribution in [0.3, 0.4) is 0 Å². The van der Waals surface area contributed by atoms with Crippen LogP contribution in [-0.2, 0) is 11.2 Å². The number of carbonyl (C=O) groups excluding carboxylic acids is 1. The molecule has 5 heteroatoms. The normalized spacial score (nSPS) is 11.7. The highest BCUT2D eigenvalue weighted by Crippen LogP contribution is 2.10. The van der Waals surface area contributed by atoms with Crippen LogP contribution in [0, 0.1) is 0 Å². The second-order valence-electron chi connectivity index (χ2n) is 4.74. The number of urea groups is 1. The molecule has 0 fully saturated rings. The van der Waals surface area contributed by atoms with E-state index in [2.05, 4.69) is 5.32 Å². The van der Waals surface area contributed by atoms with Gasteiger partial charge in [0.1, 0.15) is 0 Å². The summed E-state index contributed by atoms with van der Waals surface area (Å²) in [5.74, 6) is -0.913. The predicted molar refractivity (Wildman–Crippen MR) is 77.6 cm³/mol. The molecule has 0 aliphatic heterocycles. The molecule has 1 aromatic carbocycles. The third-order valence-corrected chi connectivity index (χ3v) is 3.27. The number of likely N-dealkylation sites (N-methyl/N-ethyl adjacent to an activating group) is 1. The molecule has 1 aromatic rings. The van der Waals surface area contributed by atoms with Crippen molar-refractivity contribution in [3.8, 4) is 0 Å². The van der Waals surface area contributed by atoms with Gasteiger partial charge in [0.25, 0.3) is 0 Å². The van der Waals surface area contributed by atoms with Gasteiger partial charge in [0.15, 0.2) is 0 Å². The van der Waals surface area contributed by atoms with Gasteiger partial charge in [-0.05, 0) is 18.4 Å². The van der Waals surface area contributed by atoms with E-state index in [1.54, 1.807) is 11.9 Å². The third-order valence-electron chi connectivity index (χ3n) is 3.27. The summed E-state index contributed by atoms with van der Waals surface area (Å²) < 4.78 is 0. The minimum absolute atomic E-state index is 0.0605. The quantitative estimate of drug-likeness (QED) is 0.802. The lowest BCUT2D eigenvalue weighted by Gasteiger charge is -2.27. The van der Waals surface area contributed by atoms with Gasteiger partial charge in [0.05, 0.1) is 6.42 Å². The van der Waals surface area contributed by atoms with Crippen molar-refractivity contribution in [2.75, 3.05) is 13.6 Å². The van der Waals surface area contributed by atoms with E-state index in [4.69, 9.17) is 5.11 Å². The molecule has 0 heterocycles. The average Bonchev–Trinajstić information content (AvgIpc) is 2.44. The lowest BCUT2D eigenvalue weighted by atomic mass is 10.0. The van der Waals surface area contributed by atoms with Crippen LogP contribution in [0.4, 0.5) is 4.79 Å². The molecular weight excluding hydrogens is 256 g/mol. The molecule has 2 N–H and O–H groups in total. The zero-order valence-corrected chi connectivity index (χ0v) is 12.0. The summed E-state index contributed by atoms with van der Waals surface area (Å²) in [6.45, 7) is 2.19. The molecule has 0 radical (unpaired) electrons. The van der Waals surface area contributed by atoms with E-state index >= 15 is 0 Å². The number of amides is 2. The fraction of sp³-hybridized carbons (Fsp3) is 0.467. The van der Waals surface area contributed by atoms with Gasteiger partial charge in [0, 0.05) is 19.6 Å². The Bertz CT molecular complexity index is 434. The minimum Gasteiger partial charge on any atom is -0.481 e. The van der Waals surface area contributed by atoms with Crippen LogP contribution >= 0.6 is 0 Å². The number of carboxylic acid groups (broad SMARTS) is 1. The van der Waals surface area contributed by atoms with Crippen molar-refractivity contribution in [1.82, 2.24) is 10.2 Å². The molecule has 20 heavy (non-hydrogen) atoms. The van der Waals surface area contributed by atoms with Crippen molar-refractivity contribution in [3.05, 3.63) is 35.9 Å². The first kappa shape index (κ1) is 16.0. The standard InChI is InChI=1S/C15H22N2O3/c1-3-13(11-12-7-5-4-6-8-12)17(2)15(20)16-10-9-14(18)19/h4-8,13H,3,9-11H2,1-2H3,(H,16,20)(H,18,19). The molecule has 0 spiro atoms. The highest BCUT2D eigenvalue weighted by molar-refractivity contribution is 5.75. The number of nitrogens with zero attached hydrogens (tertiary/aromatic N) is 1. The van der Waals surface area contributed by atoms with E-state index in [0.29, 0.717) is 0 Å². The molecular formula is C15H22N2O3. The Kier molecular flexibility index (Phi) is 6.56. The van der Waals surface area contributed by atoms with E-state index < -0.39 is 5.97 Å². The number of carbonyl (C=O) groups is 2. The van der Waals surface area contributed by atoms with Crippen molar-refractivity contribution in [2.45, 2.75) is 32.2 Å². The fourth-order valence-electron chi connectivity index (χ4n) is 2.01. The van der Waals surface area contributed by atoms with E-state index in [0.717, 1.165) is 12.8 Å². The molecule has 0 aliphatic carbocycles. The summed E-state index contributed by atoms with van der Waals surface area (Å²) in [6.07, 6.45) is 1.58. The summed E-state index contributed by atoms with van der Waals surface area (Å²) >= 11 is 0. The number of hydrogen-bond donors (Lipinski definition) is 2. The van der Waals surface area contributed by atoms with Crippen LogP contribution in [0.25, 0.3) is 0 Å². The second kappa shape index (κ2) is 8.19. The molecule has 0 bridgehead atoms. The van der Waals surface area contributed by atoms with Gasteiger partial charge < -0.3 is 15.3 Å². The van der Waals surface area contributed by atoms with Gasteiger partial charge in [-0.1, -0.05) is 37.3 Å². The minimum atomic E-state index is -0.913. The molecule has 110 valence electrons. The van der Waals surface area contributed by atoms with E-state index in [9.17, 15) is 9.59 Å². The molecule has 2 amide bonds. The maximum Gasteiger partial charge on any atom is 0.317 e. The van der Waals surface area contributed by atoms with Crippen molar-refractivity contribution in [2.24, 2.45) is 0 Å². The number of nitrogens with one attached hydrogen (secondary N) is 1. The lowest BCUT2D eigenvalue weighted by Crippen LogP contribution is -2.44. The van der Waals surface area contributed by atoms with E-state index in [1.807, 2.05) is 37.3 Å². The van der Waals surface area contributed by atoms with Gasteiger partial charge >= 0.3 is 12.0 Å². The monoisotopic (exact) mass is 278 g/mol. The van der Waals surface area contributed by atoms with Gasteiger partial charge in [-0.3, -0.25) is 4.79 Å². The maximum atomic E-state index is 11.9. The summed E-state index contributed by atoms with van der Waals surface area (Å²) in [7, 11) is 1.74. The smallest absolute Gasteiger partial charge is 0.317 e. The van der Waals surface area contributed by atoms with Crippen LogP contribution in [0.1, 0.15) is 25.3 Å². The molecule has 0 saturated carbocycles. The summed E-state index contributed by atoms with van der Waals surface area (Å²) in [6, 6.07) is 9.88. The molecule has 0 aliphatic rings. The molecule has 0 saturated heterocycles. The van der Waals surface area contributed by atoms with Gasteiger partial charge in [0.2, 0.25) is 0 Å². The first-order valence-corrected chi connectivity index (χ1v) is 6.81. The first-order valence-electron chi connectivity index (χ1n) is 6.81. The Morgan fingerprint density at radius 2 is 1.95 bits per heavy atom. The van der Waals surface area contributed by atoms with Crippen LogP contribution in [0.15, 0.2) is 30.3 Å². The first-order chi connectivity index (χ1) is 9.54. The van der Waals surface area contributed by atoms with Crippen molar-refractivity contribution in [1.29, 1.82) is 0 Å². The zero-order chi connectivity index (χ0) is 15.0. The Balaban J connectivity index is 2.51. The van der Waals surface area contributed by atoms with Crippen molar-refractivity contribution >= 4 is 12.0 Å². The lowest BCUT2D eigenvalue weighted by molar-refractivity contribution is -0.136. The molecule has 1 rings (SSSR count). The number of benzene rings is 1. The summed E-state index contributed by atoms with van der Waals surface area (Å²) in [5.41, 5.74) is 1.18. The zero-order valence-electron chi connectivity index (χ0n) is 12.0. The average molecular weight is 278 g/mol. The Labute approximate surface area is 119 Å². The summed E-state index contributed by atoms with van der Waals surface area (Å²) in [4.78, 5) is 24.0. The molecule has 0 aromatic heterocycles. The third kappa shape index (κ3) is 5.30. The highest BCUT2D eigenvalue weighted by atomic mass is 16.4. The Morgan fingerprint density at radius 3 is 2.50 bits per heavy atom. The number of hydrogen-bond acceptors (Lipinski definition) is 2. The predicted octanol–water partition coefficient (Wildman–Crippen LogP) is 2.12. The number of rotatable bonds is 7. The molecule has 1 atom stereocenters. The van der Waals surface area contributed by atoms with Crippen LogP contribution in [0.2, 0.25) is 0 Å². The van der Waals surface area contributed by atoms with Crippen molar-refractivity contribution in [3.63, 3.8) is 0 Å². The topological polar surface area (TPSA) is 69.6 Å². The van der Waals surface area contributed by atoms with Crippen molar-refractivity contribution < 1.29 is 14.7 Å². The fourth-order valence-corrected chi connectivity index (χ4v) is 2.01. The second-order valence-corrected chi connectivity index (χ2v) is 4.74. The maximum absolute atomic E-state index is 11.9. The summed E-state index contributed by atoms with van der Waals surface area (Å²) in [5, 5.41) is 11.2. The Morgan fingerprint density at radius 1 is 1.30 bits per heavy atom. The SMILES string of the molecule is CCC(Cc1ccccc1)N(C)C(=O)NCCC(=O)O. The van der Waals surface area contributed by atoms with Gasteiger partial charge in [-0.25, -0.2) is 4.79 Å². The van der Waals surface area contributed by atoms with E-state index in [1.165, 1.54) is 5.56 Å². The van der Waals surface area contributed by atoms with E-state index in [-0.39, 0.29) is 25.0 Å².